The van der Waals surface area contributed by atoms with Crippen LogP contribution < -0.4 is 0 Å². The number of ketones is 1. The van der Waals surface area contributed by atoms with Gasteiger partial charge in [0.15, 0.2) is 5.60 Å². The van der Waals surface area contributed by atoms with Crippen LogP contribution in [-0.2, 0) is 14.3 Å². The van der Waals surface area contributed by atoms with Crippen LogP contribution in [0.5, 0.6) is 0 Å². The van der Waals surface area contributed by atoms with Crippen LogP contribution >= 0.6 is 0 Å². The van der Waals surface area contributed by atoms with Crippen molar-refractivity contribution in [2.75, 3.05) is 7.11 Å². The van der Waals surface area contributed by atoms with E-state index in [1.54, 1.807) is 6.08 Å². The van der Waals surface area contributed by atoms with Crippen molar-refractivity contribution in [3.8, 4) is 0 Å². The molecule has 0 aromatic rings. The van der Waals surface area contributed by atoms with Gasteiger partial charge in [0.25, 0.3) is 0 Å². The van der Waals surface area contributed by atoms with Crippen LogP contribution in [-0.4, -0.2) is 40.8 Å². The molecule has 0 heterocycles. The van der Waals surface area contributed by atoms with E-state index in [1.165, 1.54) is 51.5 Å². The third kappa shape index (κ3) is 8.69. The van der Waals surface area contributed by atoms with E-state index in [0.29, 0.717) is 12.8 Å². The number of rotatable bonds is 13. The number of aliphatic hydroxyl groups is 2. The molecule has 1 rings (SSSR count). The van der Waals surface area contributed by atoms with Crippen LogP contribution in [0.2, 0.25) is 0 Å². The molecule has 4 atom stereocenters. The molecule has 0 radical (unpaired) electrons. The normalized spacial score (nSPS) is 22.2. The lowest BCUT2D eigenvalue weighted by Gasteiger charge is -2.22. The molecule has 1 aliphatic rings. The van der Waals surface area contributed by atoms with Gasteiger partial charge in [0.1, 0.15) is 11.9 Å². The van der Waals surface area contributed by atoms with Crippen molar-refractivity contribution in [3.63, 3.8) is 0 Å². The topological polar surface area (TPSA) is 83.8 Å². The SMILES string of the molecule is CCCCCCCCC=C[C@H]1CCC(=O)[C@@H]1CC=C=CC(O)C(C)(O)C(=O)OC. The molecule has 0 saturated heterocycles. The van der Waals surface area contributed by atoms with E-state index in [1.807, 2.05) is 0 Å². The van der Waals surface area contributed by atoms with E-state index >= 15 is 0 Å². The summed E-state index contributed by atoms with van der Waals surface area (Å²) < 4.78 is 4.47. The molecular formula is C24H38O5. The number of Topliss-reactive ketones (excluding diaryl/α,β-unsaturated/α-hetero) is 1. The second-order valence-electron chi connectivity index (χ2n) is 8.12. The number of unbranched alkanes of at least 4 members (excludes halogenated alkanes) is 6. The number of aliphatic hydroxyl groups excluding tert-OH is 1. The molecule has 5 nitrogen and oxygen atoms in total. The molecular weight excluding hydrogens is 368 g/mol. The zero-order chi connectivity index (χ0) is 21.7. The molecule has 5 heteroatoms. The van der Waals surface area contributed by atoms with Crippen LogP contribution in [0.25, 0.3) is 0 Å². The zero-order valence-corrected chi connectivity index (χ0v) is 18.2. The highest BCUT2D eigenvalue weighted by atomic mass is 16.5. The quantitative estimate of drug-likeness (QED) is 0.206. The highest BCUT2D eigenvalue weighted by Crippen LogP contribution is 2.32. The number of hydrogen-bond acceptors (Lipinski definition) is 5. The molecule has 0 spiro atoms. The van der Waals surface area contributed by atoms with Crippen LogP contribution in [0.4, 0.5) is 0 Å². The number of allylic oxidation sites excluding steroid dienone is 2. The minimum absolute atomic E-state index is 0.0602. The fraction of sp³-hybridized carbons (Fsp3) is 0.708. The first-order chi connectivity index (χ1) is 13.8. The molecule has 0 amide bonds. The lowest BCUT2D eigenvalue weighted by Crippen LogP contribution is -2.46. The van der Waals surface area contributed by atoms with Crippen LogP contribution in [0.3, 0.4) is 0 Å². The van der Waals surface area contributed by atoms with Gasteiger partial charge in [0.05, 0.1) is 7.11 Å². The highest BCUT2D eigenvalue weighted by Gasteiger charge is 2.38. The van der Waals surface area contributed by atoms with E-state index in [-0.39, 0.29) is 17.6 Å². The van der Waals surface area contributed by atoms with Gasteiger partial charge in [-0.05, 0) is 50.7 Å². The predicted molar refractivity (Wildman–Crippen MR) is 114 cm³/mol. The summed E-state index contributed by atoms with van der Waals surface area (Å²) in [5.41, 5.74) is 0.768. The van der Waals surface area contributed by atoms with Gasteiger partial charge < -0.3 is 14.9 Å². The van der Waals surface area contributed by atoms with Crippen molar-refractivity contribution < 1.29 is 24.5 Å². The Bertz CT molecular complexity index is 598. The summed E-state index contributed by atoms with van der Waals surface area (Å²) in [4.78, 5) is 23.7. The number of methoxy groups -OCH3 is 1. The summed E-state index contributed by atoms with van der Waals surface area (Å²) in [7, 11) is 1.15. The van der Waals surface area contributed by atoms with E-state index in [4.69, 9.17) is 0 Å². The highest BCUT2D eigenvalue weighted by molar-refractivity contribution is 5.84. The fourth-order valence-electron chi connectivity index (χ4n) is 3.63. The average molecular weight is 407 g/mol. The molecule has 1 saturated carbocycles. The van der Waals surface area contributed by atoms with Crippen molar-refractivity contribution in [1.82, 2.24) is 0 Å². The Morgan fingerprint density at radius 2 is 2.00 bits per heavy atom. The molecule has 29 heavy (non-hydrogen) atoms. The van der Waals surface area contributed by atoms with E-state index in [0.717, 1.165) is 20.0 Å². The fourth-order valence-corrected chi connectivity index (χ4v) is 3.63. The summed E-state index contributed by atoms with van der Waals surface area (Å²) in [5, 5.41) is 19.9. The molecule has 1 fully saturated rings. The largest absolute Gasteiger partial charge is 0.467 e. The predicted octanol–water partition coefficient (Wildman–Crippen LogP) is 4.27. The van der Waals surface area contributed by atoms with E-state index < -0.39 is 17.7 Å². The van der Waals surface area contributed by atoms with E-state index in [2.05, 4.69) is 29.5 Å². The van der Waals surface area contributed by atoms with Crippen molar-refractivity contribution in [2.24, 2.45) is 11.8 Å². The molecule has 0 aliphatic heterocycles. The monoisotopic (exact) mass is 406 g/mol. The van der Waals surface area contributed by atoms with Crippen LogP contribution in [0.1, 0.15) is 78.1 Å². The van der Waals surface area contributed by atoms with Gasteiger partial charge in [-0.15, -0.1) is 5.73 Å². The van der Waals surface area contributed by atoms with Gasteiger partial charge in [-0.25, -0.2) is 4.79 Å². The van der Waals surface area contributed by atoms with E-state index in [9.17, 15) is 19.8 Å². The molecule has 1 aliphatic carbocycles. The molecule has 2 unspecified atom stereocenters. The third-order valence-electron chi connectivity index (χ3n) is 5.68. The van der Waals surface area contributed by atoms with Gasteiger partial charge >= 0.3 is 5.97 Å². The maximum absolute atomic E-state index is 12.2. The second kappa shape index (κ2) is 13.5. The minimum atomic E-state index is -2.03. The molecule has 164 valence electrons. The summed E-state index contributed by atoms with van der Waals surface area (Å²) in [5.74, 6) is -0.456. The Balaban J connectivity index is 2.48. The summed E-state index contributed by atoms with van der Waals surface area (Å²) in [6, 6.07) is 0. The molecule has 2 N–H and O–H groups in total. The van der Waals surface area contributed by atoms with Crippen molar-refractivity contribution in [3.05, 3.63) is 30.0 Å². The molecule has 0 bridgehead atoms. The summed E-state index contributed by atoms with van der Waals surface area (Å²) in [6.45, 7) is 3.41. The zero-order valence-electron chi connectivity index (χ0n) is 18.2. The number of carbonyl (C=O) groups excluding carboxylic acids is 2. The minimum Gasteiger partial charge on any atom is -0.467 e. The van der Waals surface area contributed by atoms with Gasteiger partial charge in [0, 0.05) is 12.3 Å². The average Bonchev–Trinajstić information content (AvgIpc) is 3.05. The second-order valence-corrected chi connectivity index (χ2v) is 8.12. The Hall–Kier alpha value is -1.68. The van der Waals surface area contributed by atoms with Crippen LogP contribution in [0.15, 0.2) is 30.0 Å². The van der Waals surface area contributed by atoms with Gasteiger partial charge in [-0.1, -0.05) is 51.2 Å². The smallest absolute Gasteiger partial charge is 0.340 e. The summed E-state index contributed by atoms with van der Waals surface area (Å²) >= 11 is 0. The number of esters is 1. The maximum atomic E-state index is 12.2. The Kier molecular flexibility index (Phi) is 11.8. The van der Waals surface area contributed by atoms with Gasteiger partial charge in [-0.2, -0.15) is 0 Å². The summed E-state index contributed by atoms with van der Waals surface area (Å²) in [6.07, 6.45) is 16.7. The Labute approximate surface area is 175 Å². The molecule has 0 aromatic heterocycles. The van der Waals surface area contributed by atoms with Gasteiger partial charge in [-0.3, -0.25) is 4.79 Å². The molecule has 0 aromatic carbocycles. The first-order valence-corrected chi connectivity index (χ1v) is 10.9. The standard InChI is InChI=1S/C24H38O5/c1-4-5-6-7-8-9-10-11-14-19-17-18-21(25)20(19)15-12-13-16-22(26)24(2,28)23(27)29-3/h11-12,14,16,19-20,22,26,28H,4-10,15,17-18H2,1-3H3/t13?,19-,20+,22?,24?/m0/s1. The Morgan fingerprint density at radius 3 is 2.69 bits per heavy atom. The lowest BCUT2D eigenvalue weighted by molar-refractivity contribution is -0.168. The number of hydrogen-bond donors (Lipinski definition) is 2. The maximum Gasteiger partial charge on any atom is 0.340 e. The van der Waals surface area contributed by atoms with Crippen molar-refractivity contribution in [2.45, 2.75) is 89.8 Å². The first kappa shape index (κ1) is 25.4. The number of ether oxygens (including phenoxy) is 1. The third-order valence-corrected chi connectivity index (χ3v) is 5.68. The van der Waals surface area contributed by atoms with Crippen LogP contribution in [0, 0.1) is 11.8 Å². The number of carbonyl (C=O) groups is 2. The van der Waals surface area contributed by atoms with Crippen molar-refractivity contribution >= 4 is 11.8 Å². The van der Waals surface area contributed by atoms with Crippen molar-refractivity contribution in [1.29, 1.82) is 0 Å². The first-order valence-electron chi connectivity index (χ1n) is 10.9. The Morgan fingerprint density at radius 1 is 1.31 bits per heavy atom. The lowest BCUT2D eigenvalue weighted by atomic mass is 9.91. The van der Waals surface area contributed by atoms with Gasteiger partial charge in [0.2, 0.25) is 0 Å².